The van der Waals surface area contributed by atoms with Gasteiger partial charge in [0.15, 0.2) is 0 Å². The molecule has 0 aliphatic carbocycles. The van der Waals surface area contributed by atoms with Gasteiger partial charge in [0.1, 0.15) is 12.1 Å². The van der Waals surface area contributed by atoms with Crippen LogP contribution in [0.3, 0.4) is 0 Å². The molecule has 1 unspecified atom stereocenters. The Kier molecular flexibility index (Phi) is 4.33. The number of amides is 6. The van der Waals surface area contributed by atoms with E-state index < -0.39 is 36.0 Å². The molecule has 1 atom stereocenters. The summed E-state index contributed by atoms with van der Waals surface area (Å²) in [6.45, 7) is 1.05. The molecule has 8 heteroatoms. The highest BCUT2D eigenvalue weighted by Gasteiger charge is 2.49. The van der Waals surface area contributed by atoms with Crippen molar-refractivity contribution in [3.8, 4) is 0 Å². The fraction of sp³-hybridized carbons (Fsp3) is 0.222. The van der Waals surface area contributed by atoms with Crippen LogP contribution in [0.25, 0.3) is 10.8 Å². The highest BCUT2D eigenvalue weighted by Crippen LogP contribution is 2.30. The summed E-state index contributed by atoms with van der Waals surface area (Å²) in [4.78, 5) is 48.9. The maximum absolute atomic E-state index is 12.8. The largest absolute Gasteiger partial charge is 0.341 e. The molecule has 1 heterocycles. The van der Waals surface area contributed by atoms with Crippen LogP contribution in [-0.2, 0) is 15.1 Å². The highest BCUT2D eigenvalue weighted by molar-refractivity contribution is 6.10. The fourth-order valence-corrected chi connectivity index (χ4v) is 2.91. The van der Waals surface area contributed by atoms with Crippen LogP contribution in [0.1, 0.15) is 12.5 Å². The van der Waals surface area contributed by atoms with Crippen molar-refractivity contribution in [3.63, 3.8) is 0 Å². The Morgan fingerprint density at radius 2 is 1.81 bits per heavy atom. The van der Waals surface area contributed by atoms with Crippen LogP contribution in [0.4, 0.5) is 9.59 Å². The lowest BCUT2D eigenvalue weighted by molar-refractivity contribution is -0.134. The first-order valence-corrected chi connectivity index (χ1v) is 8.00. The monoisotopic (exact) mass is 354 g/mol. The number of nitrogens with zero attached hydrogens (tertiary/aromatic N) is 1. The minimum atomic E-state index is -1.28. The van der Waals surface area contributed by atoms with Crippen molar-refractivity contribution in [1.82, 2.24) is 20.9 Å². The van der Waals surface area contributed by atoms with Crippen molar-refractivity contribution >= 4 is 34.6 Å². The molecule has 0 aromatic heterocycles. The summed E-state index contributed by atoms with van der Waals surface area (Å²) < 4.78 is 0. The van der Waals surface area contributed by atoms with Crippen molar-refractivity contribution < 1.29 is 19.2 Å². The van der Waals surface area contributed by atoms with Crippen molar-refractivity contribution in [2.75, 3.05) is 13.6 Å². The molecule has 2 aromatic rings. The molecule has 1 aliphatic heterocycles. The topological polar surface area (TPSA) is 108 Å². The lowest BCUT2D eigenvalue weighted by atomic mass is 9.90. The molecular formula is C18H18N4O4. The molecule has 1 aliphatic rings. The molecule has 3 N–H and O–H groups in total. The number of fused-ring (bicyclic) bond motifs is 1. The maximum atomic E-state index is 12.8. The lowest BCUT2D eigenvalue weighted by Gasteiger charge is -2.22. The zero-order valence-electron chi connectivity index (χ0n) is 14.3. The molecule has 0 spiro atoms. The van der Waals surface area contributed by atoms with E-state index in [4.69, 9.17) is 0 Å². The molecule has 1 saturated heterocycles. The number of urea groups is 2. The summed E-state index contributed by atoms with van der Waals surface area (Å²) in [7, 11) is 1.35. The molecule has 26 heavy (non-hydrogen) atoms. The third-order valence-corrected chi connectivity index (χ3v) is 4.38. The number of hydrogen-bond acceptors (Lipinski definition) is 4. The van der Waals surface area contributed by atoms with Gasteiger partial charge < -0.3 is 10.6 Å². The third kappa shape index (κ3) is 2.97. The first-order valence-electron chi connectivity index (χ1n) is 8.00. The van der Waals surface area contributed by atoms with Gasteiger partial charge in [-0.3, -0.25) is 19.8 Å². The second-order valence-corrected chi connectivity index (χ2v) is 6.14. The molecule has 1 fully saturated rings. The standard InChI is InChI=1S/C18H18N4O4/c1-18(13-8-7-11-5-3-4-6-12(11)9-13)15(24)22(17(26)21-18)10-14(23)20-16(25)19-2/h3-9H,10H2,1-2H3,(H,21,26)(H2,19,20,23,25). The van der Waals surface area contributed by atoms with Gasteiger partial charge in [-0.05, 0) is 29.3 Å². The minimum absolute atomic E-state index is 0.540. The van der Waals surface area contributed by atoms with Crippen LogP contribution >= 0.6 is 0 Å². The average molecular weight is 354 g/mol. The van der Waals surface area contributed by atoms with Gasteiger partial charge in [-0.1, -0.05) is 36.4 Å². The van der Waals surface area contributed by atoms with Crippen molar-refractivity contribution in [2.45, 2.75) is 12.5 Å². The van der Waals surface area contributed by atoms with E-state index in [2.05, 4.69) is 10.6 Å². The Balaban J connectivity index is 1.86. The molecule has 6 amide bonds. The van der Waals surface area contributed by atoms with E-state index in [0.29, 0.717) is 5.56 Å². The number of nitrogens with one attached hydrogen (secondary N) is 3. The Bertz CT molecular complexity index is 926. The van der Waals surface area contributed by atoms with E-state index in [1.54, 1.807) is 13.0 Å². The summed E-state index contributed by atoms with van der Waals surface area (Å²) >= 11 is 0. The van der Waals surface area contributed by atoms with Crippen molar-refractivity contribution in [3.05, 3.63) is 48.0 Å². The van der Waals surface area contributed by atoms with Gasteiger partial charge in [-0.2, -0.15) is 0 Å². The van der Waals surface area contributed by atoms with Crippen molar-refractivity contribution in [2.24, 2.45) is 0 Å². The number of rotatable bonds is 3. The number of hydrogen-bond donors (Lipinski definition) is 3. The summed E-state index contributed by atoms with van der Waals surface area (Å²) in [5.74, 6) is -1.31. The lowest BCUT2D eigenvalue weighted by Crippen LogP contribution is -2.46. The van der Waals surface area contributed by atoms with E-state index in [-0.39, 0.29) is 0 Å². The van der Waals surface area contributed by atoms with Crippen LogP contribution < -0.4 is 16.0 Å². The van der Waals surface area contributed by atoms with Crippen LogP contribution in [0.5, 0.6) is 0 Å². The van der Waals surface area contributed by atoms with E-state index >= 15 is 0 Å². The normalized spacial score (nSPS) is 19.4. The molecule has 0 saturated carbocycles. The summed E-state index contributed by atoms with van der Waals surface area (Å²) in [6.07, 6.45) is 0. The molecule has 2 aromatic carbocycles. The quantitative estimate of drug-likeness (QED) is 0.716. The van der Waals surface area contributed by atoms with Gasteiger partial charge in [0.2, 0.25) is 5.91 Å². The molecule has 0 radical (unpaired) electrons. The Morgan fingerprint density at radius 3 is 2.50 bits per heavy atom. The smallest absolute Gasteiger partial charge is 0.325 e. The summed E-state index contributed by atoms with van der Waals surface area (Å²) in [5, 5.41) is 8.84. The molecular weight excluding hydrogens is 336 g/mol. The Labute approximate surface area is 149 Å². The second kappa shape index (κ2) is 6.47. The van der Waals surface area contributed by atoms with E-state index in [9.17, 15) is 19.2 Å². The van der Waals surface area contributed by atoms with Crippen LogP contribution in [0.15, 0.2) is 42.5 Å². The highest BCUT2D eigenvalue weighted by atomic mass is 16.2. The van der Waals surface area contributed by atoms with Crippen LogP contribution in [0.2, 0.25) is 0 Å². The zero-order chi connectivity index (χ0) is 18.9. The van der Waals surface area contributed by atoms with E-state index in [1.807, 2.05) is 41.7 Å². The van der Waals surface area contributed by atoms with Gasteiger partial charge in [-0.15, -0.1) is 0 Å². The molecule has 8 nitrogen and oxygen atoms in total. The summed E-state index contributed by atoms with van der Waals surface area (Å²) in [5.41, 5.74) is -0.669. The Hall–Kier alpha value is -3.42. The molecule has 0 bridgehead atoms. The van der Waals surface area contributed by atoms with Gasteiger partial charge in [-0.25, -0.2) is 9.59 Å². The number of imide groups is 2. The van der Waals surface area contributed by atoms with Gasteiger partial charge in [0.05, 0.1) is 0 Å². The first kappa shape index (κ1) is 17.4. The minimum Gasteiger partial charge on any atom is -0.341 e. The van der Waals surface area contributed by atoms with E-state index in [0.717, 1.165) is 15.7 Å². The van der Waals surface area contributed by atoms with Crippen molar-refractivity contribution in [1.29, 1.82) is 0 Å². The molecule has 3 rings (SSSR count). The third-order valence-electron chi connectivity index (χ3n) is 4.38. The number of carbonyl (C=O) groups excluding carboxylic acids is 4. The van der Waals surface area contributed by atoms with Crippen LogP contribution in [0, 0.1) is 0 Å². The Morgan fingerprint density at radius 1 is 1.12 bits per heavy atom. The summed E-state index contributed by atoms with van der Waals surface area (Å²) in [6, 6.07) is 11.8. The predicted molar refractivity (Wildman–Crippen MR) is 94.1 cm³/mol. The second-order valence-electron chi connectivity index (χ2n) is 6.14. The number of benzene rings is 2. The fourth-order valence-electron chi connectivity index (χ4n) is 2.91. The first-order chi connectivity index (χ1) is 12.3. The molecule has 134 valence electrons. The van der Waals surface area contributed by atoms with Crippen LogP contribution in [-0.4, -0.2) is 42.4 Å². The predicted octanol–water partition coefficient (Wildman–Crippen LogP) is 1.06. The zero-order valence-corrected chi connectivity index (χ0v) is 14.3. The van der Waals surface area contributed by atoms with Gasteiger partial charge in [0.25, 0.3) is 5.91 Å². The SMILES string of the molecule is CNC(=O)NC(=O)CN1C(=O)NC(C)(c2ccc3ccccc3c2)C1=O. The number of carbonyl (C=O) groups is 4. The maximum Gasteiger partial charge on any atom is 0.325 e. The van der Waals surface area contributed by atoms with E-state index in [1.165, 1.54) is 7.05 Å². The van der Waals surface area contributed by atoms with Gasteiger partial charge >= 0.3 is 12.1 Å². The average Bonchev–Trinajstić information content (AvgIpc) is 2.85. The van der Waals surface area contributed by atoms with Gasteiger partial charge in [0, 0.05) is 7.05 Å².